The van der Waals surface area contributed by atoms with Gasteiger partial charge in [0.15, 0.2) is 12.4 Å². The van der Waals surface area contributed by atoms with Gasteiger partial charge in [0.2, 0.25) is 0 Å². The number of ether oxygens (including phenoxy) is 1. The number of anilines is 1. The van der Waals surface area contributed by atoms with Crippen molar-refractivity contribution < 1.29 is 27.7 Å². The van der Waals surface area contributed by atoms with Gasteiger partial charge in [0.25, 0.3) is 5.91 Å². The molecule has 122 valence electrons. The van der Waals surface area contributed by atoms with E-state index in [1.54, 1.807) is 25.1 Å². The Morgan fingerprint density at radius 1 is 1.48 bits per heavy atom. The number of benzene rings is 1. The second-order valence-corrected chi connectivity index (χ2v) is 4.30. The first-order valence-corrected chi connectivity index (χ1v) is 6.47. The first-order chi connectivity index (χ1) is 11.0. The summed E-state index contributed by atoms with van der Waals surface area (Å²) in [5, 5.41) is 9.56. The lowest BCUT2D eigenvalue weighted by Gasteiger charge is -2.06. The van der Waals surface area contributed by atoms with Crippen LogP contribution in [0, 0.1) is 6.92 Å². The Hall–Kier alpha value is -2.97. The van der Waals surface area contributed by atoms with E-state index in [1.165, 1.54) is 18.3 Å². The number of hydrogen-bond acceptors (Lipinski definition) is 6. The molecule has 1 aromatic heterocycles. The number of hydrogen-bond donors (Lipinski definition) is 1. The van der Waals surface area contributed by atoms with Crippen LogP contribution >= 0.6 is 0 Å². The monoisotopic (exact) mass is 325 g/mol. The van der Waals surface area contributed by atoms with Crippen molar-refractivity contribution in [2.75, 3.05) is 11.9 Å². The topological polar surface area (TPSA) is 86.0 Å². The zero-order valence-electron chi connectivity index (χ0n) is 12.0. The van der Waals surface area contributed by atoms with Gasteiger partial charge in [0.1, 0.15) is 11.5 Å². The molecule has 0 radical (unpaired) electrons. The van der Waals surface area contributed by atoms with Crippen molar-refractivity contribution in [1.82, 2.24) is 5.16 Å². The van der Waals surface area contributed by atoms with E-state index in [4.69, 9.17) is 9.36 Å². The highest BCUT2D eigenvalue weighted by Crippen LogP contribution is 2.18. The molecule has 2 rings (SSSR count). The molecule has 0 saturated carbocycles. The number of amides is 1. The average Bonchev–Trinajstić information content (AvgIpc) is 2.89. The fraction of sp³-hybridized carbons (Fsp3) is 0.214. The number of carbonyl (C=O) groups excluding carboxylic acids is 1. The van der Waals surface area contributed by atoms with E-state index in [2.05, 4.69) is 20.4 Å². The van der Waals surface area contributed by atoms with E-state index in [9.17, 15) is 13.6 Å². The summed E-state index contributed by atoms with van der Waals surface area (Å²) in [5.74, 6) is 0.274. The Kier molecular flexibility index (Phi) is 5.61. The van der Waals surface area contributed by atoms with Crippen LogP contribution in [0.25, 0.3) is 0 Å². The third-order valence-corrected chi connectivity index (χ3v) is 2.49. The second kappa shape index (κ2) is 7.87. The summed E-state index contributed by atoms with van der Waals surface area (Å²) < 4.78 is 33.6. The van der Waals surface area contributed by atoms with Crippen molar-refractivity contribution in [1.29, 1.82) is 0 Å². The van der Waals surface area contributed by atoms with Crippen molar-refractivity contribution in [3.05, 3.63) is 41.7 Å². The highest BCUT2D eigenvalue weighted by atomic mass is 19.3. The molecular formula is C14H13F2N3O4. The Labute approximate surface area is 129 Å². The van der Waals surface area contributed by atoms with Gasteiger partial charge in [-0.25, -0.2) is 0 Å². The maximum Gasteiger partial charge on any atom is 0.387 e. The van der Waals surface area contributed by atoms with Gasteiger partial charge < -0.3 is 19.4 Å². The van der Waals surface area contributed by atoms with Crippen LogP contribution in [0.4, 0.5) is 14.6 Å². The molecule has 0 aliphatic rings. The molecule has 1 N–H and O–H groups in total. The van der Waals surface area contributed by atoms with E-state index in [1.807, 2.05) is 0 Å². The number of rotatable bonds is 7. The molecule has 7 nitrogen and oxygen atoms in total. The Morgan fingerprint density at radius 2 is 2.26 bits per heavy atom. The number of halogens is 2. The molecule has 2 aromatic rings. The van der Waals surface area contributed by atoms with Gasteiger partial charge in [-0.1, -0.05) is 22.4 Å². The molecule has 0 saturated heterocycles. The van der Waals surface area contributed by atoms with Gasteiger partial charge in [-0.3, -0.25) is 4.79 Å². The minimum atomic E-state index is -2.94. The molecule has 1 aromatic carbocycles. The normalized spacial score (nSPS) is 11.0. The van der Waals surface area contributed by atoms with Gasteiger partial charge in [0, 0.05) is 11.6 Å². The number of para-hydroxylation sites is 1. The molecular weight excluding hydrogens is 312 g/mol. The molecule has 0 fully saturated rings. The number of nitrogens with one attached hydrogen (secondary N) is 1. The molecule has 23 heavy (non-hydrogen) atoms. The minimum Gasteiger partial charge on any atom is -0.434 e. The summed E-state index contributed by atoms with van der Waals surface area (Å²) in [5.41, 5.74) is 0.292. The lowest BCUT2D eigenvalue weighted by atomic mass is 10.2. The number of aromatic nitrogens is 1. The van der Waals surface area contributed by atoms with Gasteiger partial charge in [0.05, 0.1) is 6.21 Å². The fourth-order valence-electron chi connectivity index (χ4n) is 1.58. The van der Waals surface area contributed by atoms with Gasteiger partial charge in [-0.05, 0) is 19.1 Å². The van der Waals surface area contributed by atoms with E-state index in [-0.39, 0.29) is 18.2 Å². The third-order valence-electron chi connectivity index (χ3n) is 2.49. The van der Waals surface area contributed by atoms with Crippen molar-refractivity contribution in [2.24, 2.45) is 5.16 Å². The van der Waals surface area contributed by atoms with Crippen molar-refractivity contribution in [3.8, 4) is 5.75 Å². The first-order valence-electron chi connectivity index (χ1n) is 6.47. The van der Waals surface area contributed by atoms with Crippen molar-refractivity contribution >= 4 is 17.9 Å². The minimum absolute atomic E-state index is 0.0441. The van der Waals surface area contributed by atoms with Crippen LogP contribution in [0.1, 0.15) is 11.3 Å². The number of aryl methyl sites for hydroxylation is 1. The van der Waals surface area contributed by atoms with Crippen LogP contribution in [0.15, 0.2) is 40.0 Å². The quantitative estimate of drug-likeness (QED) is 0.624. The van der Waals surface area contributed by atoms with Crippen molar-refractivity contribution in [2.45, 2.75) is 13.5 Å². The van der Waals surface area contributed by atoms with Crippen LogP contribution in [0.3, 0.4) is 0 Å². The molecule has 0 spiro atoms. The highest BCUT2D eigenvalue weighted by molar-refractivity contribution is 5.90. The summed E-state index contributed by atoms with van der Waals surface area (Å²) in [4.78, 5) is 16.3. The smallest absolute Gasteiger partial charge is 0.387 e. The molecule has 9 heteroatoms. The summed E-state index contributed by atoms with van der Waals surface area (Å²) >= 11 is 0. The lowest BCUT2D eigenvalue weighted by molar-refractivity contribution is -0.120. The maximum absolute atomic E-state index is 12.2. The zero-order chi connectivity index (χ0) is 16.7. The molecule has 1 heterocycles. The highest BCUT2D eigenvalue weighted by Gasteiger charge is 2.08. The number of oxime groups is 1. The largest absolute Gasteiger partial charge is 0.434 e. The summed E-state index contributed by atoms with van der Waals surface area (Å²) in [7, 11) is 0. The van der Waals surface area contributed by atoms with Gasteiger partial charge >= 0.3 is 6.61 Å². The number of alkyl halides is 2. The maximum atomic E-state index is 12.2. The Morgan fingerprint density at radius 3 is 2.96 bits per heavy atom. The lowest BCUT2D eigenvalue weighted by Crippen LogP contribution is -2.17. The molecule has 0 atom stereocenters. The Balaban J connectivity index is 1.83. The summed E-state index contributed by atoms with van der Waals surface area (Å²) in [6.07, 6.45) is 1.17. The molecule has 0 aliphatic heterocycles. The van der Waals surface area contributed by atoms with Gasteiger partial charge in [-0.2, -0.15) is 8.78 Å². The second-order valence-electron chi connectivity index (χ2n) is 4.30. The zero-order valence-corrected chi connectivity index (χ0v) is 12.0. The number of nitrogens with zero attached hydrogens (tertiary/aromatic N) is 2. The standard InChI is InChI=1S/C14H13F2N3O4/c1-9-6-12(19-23-9)18-13(20)8-21-17-7-10-4-2-3-5-11(10)22-14(15)16/h2-7,14H,8H2,1H3,(H,18,19,20). The van der Waals surface area contributed by atoms with E-state index < -0.39 is 12.5 Å². The molecule has 0 unspecified atom stereocenters. The van der Waals surface area contributed by atoms with Crippen LogP contribution in [-0.4, -0.2) is 30.5 Å². The molecule has 0 aliphatic carbocycles. The van der Waals surface area contributed by atoms with E-state index in [0.29, 0.717) is 11.3 Å². The molecule has 0 bridgehead atoms. The summed E-state index contributed by atoms with van der Waals surface area (Å²) in [6.45, 7) is -1.63. The summed E-state index contributed by atoms with van der Waals surface area (Å²) in [6, 6.07) is 7.59. The van der Waals surface area contributed by atoms with Crippen LogP contribution < -0.4 is 10.1 Å². The van der Waals surface area contributed by atoms with E-state index >= 15 is 0 Å². The van der Waals surface area contributed by atoms with E-state index in [0.717, 1.165) is 0 Å². The predicted molar refractivity (Wildman–Crippen MR) is 76.5 cm³/mol. The third kappa shape index (κ3) is 5.38. The van der Waals surface area contributed by atoms with Crippen LogP contribution in [0.5, 0.6) is 5.75 Å². The fourth-order valence-corrected chi connectivity index (χ4v) is 1.58. The Bertz CT molecular complexity index is 688. The van der Waals surface area contributed by atoms with Crippen LogP contribution in [-0.2, 0) is 9.63 Å². The SMILES string of the molecule is Cc1cc(NC(=O)CON=Cc2ccccc2OC(F)F)no1. The predicted octanol–water partition coefficient (Wildman–Crippen LogP) is 2.57. The molecule has 1 amide bonds. The van der Waals surface area contributed by atoms with Crippen LogP contribution in [0.2, 0.25) is 0 Å². The number of carbonyl (C=O) groups is 1. The van der Waals surface area contributed by atoms with Crippen molar-refractivity contribution in [3.63, 3.8) is 0 Å². The average molecular weight is 325 g/mol. The first kappa shape index (κ1) is 16.4. The van der Waals surface area contributed by atoms with Gasteiger partial charge in [-0.15, -0.1) is 0 Å².